The molecule has 1 spiro atoms. The molecular formula is C20H18ClF2N3O2S. The maximum Gasteiger partial charge on any atom is 0.241 e. The van der Waals surface area contributed by atoms with Crippen molar-refractivity contribution in [3.05, 3.63) is 64.2 Å². The van der Waals surface area contributed by atoms with Crippen LogP contribution in [-0.2, 0) is 9.67 Å². The van der Waals surface area contributed by atoms with Gasteiger partial charge in [-0.2, -0.15) is 5.10 Å². The topological polar surface area (TPSA) is 67.9 Å². The van der Waals surface area contributed by atoms with Crippen LogP contribution in [0, 0.1) is 17.6 Å². The minimum Gasteiger partial charge on any atom is -0.493 e. The van der Waals surface area contributed by atoms with Gasteiger partial charge in [0, 0.05) is 29.0 Å². The molecule has 0 saturated carbocycles. The lowest BCUT2D eigenvalue weighted by atomic mass is 9.86. The fourth-order valence-electron chi connectivity index (χ4n) is 3.79. The fraction of sp³-hybridized carbons (Fsp3) is 0.300. The Bertz CT molecular complexity index is 1020. The minimum atomic E-state index is -1.02. The number of nitrogens with two attached hydrogens (primary N) is 1. The van der Waals surface area contributed by atoms with Crippen molar-refractivity contribution in [2.45, 2.75) is 18.2 Å². The zero-order valence-corrected chi connectivity index (χ0v) is 17.1. The van der Waals surface area contributed by atoms with Crippen molar-refractivity contribution in [3.63, 3.8) is 0 Å². The third kappa shape index (κ3) is 3.29. The van der Waals surface area contributed by atoms with E-state index in [1.54, 1.807) is 18.2 Å². The monoisotopic (exact) mass is 437 g/mol. The molecule has 2 N–H and O–H groups in total. The second-order valence-corrected chi connectivity index (χ2v) is 8.53. The molecule has 0 unspecified atom stereocenters. The molecule has 1 amide bonds. The second kappa shape index (κ2) is 7.59. The molecule has 2 aliphatic rings. The number of fused-ring (bicyclic) bond motifs is 2. The Kier molecular flexibility index (Phi) is 5.27. The summed E-state index contributed by atoms with van der Waals surface area (Å²) in [5, 5.41) is 6.43. The lowest BCUT2D eigenvalue weighted by Crippen LogP contribution is -2.51. The van der Waals surface area contributed by atoms with Gasteiger partial charge in [-0.05, 0) is 49.4 Å². The van der Waals surface area contributed by atoms with E-state index in [1.807, 2.05) is 0 Å². The number of thioether (sulfide) groups is 1. The van der Waals surface area contributed by atoms with Crippen molar-refractivity contribution in [1.82, 2.24) is 5.01 Å². The lowest BCUT2D eigenvalue weighted by molar-refractivity contribution is -0.134. The normalized spacial score (nSPS) is 23.0. The van der Waals surface area contributed by atoms with Gasteiger partial charge in [0.2, 0.25) is 5.91 Å². The van der Waals surface area contributed by atoms with Gasteiger partial charge in [-0.15, -0.1) is 0 Å². The van der Waals surface area contributed by atoms with E-state index in [2.05, 4.69) is 5.10 Å². The third-order valence-electron chi connectivity index (χ3n) is 5.05. The van der Waals surface area contributed by atoms with Crippen molar-refractivity contribution < 1.29 is 18.3 Å². The molecule has 0 fully saturated rings. The van der Waals surface area contributed by atoms with E-state index >= 15 is 0 Å². The van der Waals surface area contributed by atoms with Crippen molar-refractivity contribution >= 4 is 34.3 Å². The summed E-state index contributed by atoms with van der Waals surface area (Å²) in [6.45, 7) is 2.05. The molecule has 4 rings (SSSR count). The number of amides is 1. The molecule has 5 nitrogen and oxygen atoms in total. The first-order chi connectivity index (χ1) is 13.9. The average molecular weight is 438 g/mol. The molecule has 0 saturated heterocycles. The number of ether oxygens (including phenoxy) is 1. The number of benzene rings is 2. The van der Waals surface area contributed by atoms with Crippen LogP contribution in [0.1, 0.15) is 24.5 Å². The predicted octanol–water partition coefficient (Wildman–Crippen LogP) is 4.09. The summed E-state index contributed by atoms with van der Waals surface area (Å²) in [7, 11) is 0. The van der Waals surface area contributed by atoms with E-state index in [0.717, 1.165) is 18.2 Å². The van der Waals surface area contributed by atoms with Crippen LogP contribution >= 0.6 is 23.4 Å². The van der Waals surface area contributed by atoms with E-state index in [-0.39, 0.29) is 22.4 Å². The zero-order valence-electron chi connectivity index (χ0n) is 15.5. The van der Waals surface area contributed by atoms with Gasteiger partial charge in [0.05, 0.1) is 6.61 Å². The van der Waals surface area contributed by atoms with Crippen LogP contribution in [0.4, 0.5) is 8.78 Å². The summed E-state index contributed by atoms with van der Waals surface area (Å²) >= 11 is 7.45. The van der Waals surface area contributed by atoms with Gasteiger partial charge in [0.1, 0.15) is 22.4 Å². The molecule has 0 bridgehead atoms. The first-order valence-corrected chi connectivity index (χ1v) is 10.2. The summed E-state index contributed by atoms with van der Waals surface area (Å²) in [6.07, 6.45) is 0.539. The quantitative estimate of drug-likeness (QED) is 0.785. The highest BCUT2D eigenvalue weighted by Crippen LogP contribution is 2.57. The number of rotatable bonds is 3. The predicted molar refractivity (Wildman–Crippen MR) is 109 cm³/mol. The van der Waals surface area contributed by atoms with Crippen LogP contribution in [0.2, 0.25) is 5.02 Å². The molecule has 0 aliphatic carbocycles. The zero-order chi connectivity index (χ0) is 20.8. The Labute approximate surface area is 175 Å². The largest absolute Gasteiger partial charge is 0.493 e. The van der Waals surface area contributed by atoms with Gasteiger partial charge in [0.15, 0.2) is 4.87 Å². The van der Waals surface area contributed by atoms with E-state index in [4.69, 9.17) is 22.1 Å². The summed E-state index contributed by atoms with van der Waals surface area (Å²) < 4.78 is 34.2. The number of hydrazone groups is 1. The Morgan fingerprint density at radius 2 is 2.17 bits per heavy atom. The number of carbonyl (C=O) groups is 1. The van der Waals surface area contributed by atoms with Crippen LogP contribution in [0.25, 0.3) is 0 Å². The number of halogens is 3. The Balaban J connectivity index is 1.91. The first kappa shape index (κ1) is 20.1. The van der Waals surface area contributed by atoms with Gasteiger partial charge in [-0.3, -0.25) is 4.79 Å². The molecule has 152 valence electrons. The highest BCUT2D eigenvalue weighted by molar-refractivity contribution is 8.15. The number of hydrogen-bond acceptors (Lipinski definition) is 5. The number of hydrogen-bond donors (Lipinski definition) is 1. The molecule has 0 radical (unpaired) electrons. The highest BCUT2D eigenvalue weighted by atomic mass is 35.5. The van der Waals surface area contributed by atoms with E-state index in [9.17, 15) is 13.6 Å². The third-order valence-corrected chi connectivity index (χ3v) is 6.82. The average Bonchev–Trinajstić information content (AvgIpc) is 3.08. The smallest absolute Gasteiger partial charge is 0.241 e. The van der Waals surface area contributed by atoms with Crippen LogP contribution in [0.3, 0.4) is 0 Å². The van der Waals surface area contributed by atoms with Crippen LogP contribution in [0.5, 0.6) is 5.75 Å². The van der Waals surface area contributed by atoms with Crippen LogP contribution in [0.15, 0.2) is 41.5 Å². The minimum absolute atomic E-state index is 0.000284. The Morgan fingerprint density at radius 1 is 1.38 bits per heavy atom. The summed E-state index contributed by atoms with van der Waals surface area (Å²) in [5.74, 6) is -1.21. The molecule has 2 aromatic carbocycles. The molecule has 2 aliphatic heterocycles. The lowest BCUT2D eigenvalue weighted by Gasteiger charge is -2.45. The van der Waals surface area contributed by atoms with Gasteiger partial charge in [-0.25, -0.2) is 13.8 Å². The maximum atomic E-state index is 14.5. The molecule has 0 aromatic heterocycles. The summed E-state index contributed by atoms with van der Waals surface area (Å²) in [6, 6.07) is 8.32. The van der Waals surface area contributed by atoms with Crippen molar-refractivity contribution in [1.29, 1.82) is 0 Å². The molecule has 2 aromatic rings. The summed E-state index contributed by atoms with van der Waals surface area (Å²) in [4.78, 5) is 11.6. The van der Waals surface area contributed by atoms with Crippen LogP contribution < -0.4 is 10.5 Å². The van der Waals surface area contributed by atoms with E-state index in [1.165, 1.54) is 23.7 Å². The van der Waals surface area contributed by atoms with Gasteiger partial charge >= 0.3 is 0 Å². The van der Waals surface area contributed by atoms with Crippen LogP contribution in [-0.4, -0.2) is 29.1 Å². The van der Waals surface area contributed by atoms with Gasteiger partial charge < -0.3 is 10.5 Å². The molecule has 9 heteroatoms. The van der Waals surface area contributed by atoms with E-state index < -0.39 is 16.5 Å². The number of nitrogens with zero attached hydrogens (tertiary/aromatic N) is 2. The fourth-order valence-corrected chi connectivity index (χ4v) is 5.52. The second-order valence-electron chi connectivity index (χ2n) is 6.88. The van der Waals surface area contributed by atoms with Gasteiger partial charge in [-0.1, -0.05) is 23.4 Å². The van der Waals surface area contributed by atoms with Gasteiger partial charge in [0.25, 0.3) is 0 Å². The van der Waals surface area contributed by atoms with Crippen molar-refractivity contribution in [2.24, 2.45) is 16.8 Å². The molecule has 29 heavy (non-hydrogen) atoms. The Hall–Kier alpha value is -2.16. The maximum absolute atomic E-state index is 14.5. The number of carbonyl (C=O) groups excluding carboxylic acids is 1. The standard InChI is InChI=1S/C20H18ClF2N3O2S/c1-11(27)26-20(29-19(25-26)15-9-14(22)3-4-17(15)23)12(6-7-24)10-28-18-5-2-13(21)8-16(18)20/h2-5,8-9,12H,6-7,10,24H2,1H3/t12-,20+/m1/s1. The SMILES string of the molecule is CC(=O)N1N=C(c2cc(F)ccc2F)S[C@@]12c1cc(Cl)ccc1OC[C@H]2CCN. The van der Waals surface area contributed by atoms with Crippen molar-refractivity contribution in [2.75, 3.05) is 13.2 Å². The first-order valence-electron chi connectivity index (χ1n) is 9.03. The highest BCUT2D eigenvalue weighted by Gasteiger charge is 2.56. The van der Waals surface area contributed by atoms with Crippen molar-refractivity contribution in [3.8, 4) is 5.75 Å². The molecule has 2 atom stereocenters. The molecule has 2 heterocycles. The summed E-state index contributed by atoms with van der Waals surface area (Å²) in [5.41, 5.74) is 6.49. The molecular weight excluding hydrogens is 420 g/mol. The van der Waals surface area contributed by atoms with E-state index in [0.29, 0.717) is 35.9 Å². The Morgan fingerprint density at radius 3 is 2.90 bits per heavy atom.